The van der Waals surface area contributed by atoms with Gasteiger partial charge >= 0.3 is 6.03 Å². The number of H-pyrrole nitrogens is 1. The Labute approximate surface area is 165 Å². The van der Waals surface area contributed by atoms with Gasteiger partial charge in [0.05, 0.1) is 11.4 Å². The number of anilines is 2. The van der Waals surface area contributed by atoms with Gasteiger partial charge in [0.2, 0.25) is 0 Å². The predicted molar refractivity (Wildman–Crippen MR) is 110 cm³/mol. The molecule has 0 saturated heterocycles. The zero-order chi connectivity index (χ0) is 20.5. The molecule has 0 spiro atoms. The van der Waals surface area contributed by atoms with E-state index in [1.807, 2.05) is 24.3 Å². The Morgan fingerprint density at radius 2 is 1.52 bits per heavy atom. The second-order valence-electron chi connectivity index (χ2n) is 6.46. The Hall–Kier alpha value is -4.13. The fourth-order valence-electron chi connectivity index (χ4n) is 3.42. The Bertz CT molecular complexity index is 1230. The summed E-state index contributed by atoms with van der Waals surface area (Å²) in [5.74, 6) is -1.14. The van der Waals surface area contributed by atoms with Gasteiger partial charge in [0.15, 0.2) is 0 Å². The summed E-state index contributed by atoms with van der Waals surface area (Å²) in [7, 11) is 0. The molecule has 0 bridgehead atoms. The van der Waals surface area contributed by atoms with E-state index in [2.05, 4.69) is 4.98 Å². The van der Waals surface area contributed by atoms with Gasteiger partial charge in [-0.3, -0.25) is 9.69 Å². The van der Waals surface area contributed by atoms with Crippen molar-refractivity contribution in [1.29, 1.82) is 0 Å². The van der Waals surface area contributed by atoms with Gasteiger partial charge in [0.25, 0.3) is 5.91 Å². The molecule has 0 unspecified atom stereocenters. The minimum atomic E-state index is -0.812. The van der Waals surface area contributed by atoms with Crippen LogP contribution in [0.1, 0.15) is 10.5 Å². The van der Waals surface area contributed by atoms with Crippen LogP contribution in [0.15, 0.2) is 72.8 Å². The number of carbonyl (C=O) groups is 2. The van der Waals surface area contributed by atoms with E-state index in [0.717, 1.165) is 21.4 Å². The Kier molecular flexibility index (Phi) is 4.48. The van der Waals surface area contributed by atoms with Gasteiger partial charge in [-0.05, 0) is 35.9 Å². The van der Waals surface area contributed by atoms with Crippen LogP contribution in [-0.4, -0.2) is 16.9 Å². The van der Waals surface area contributed by atoms with Crippen LogP contribution in [0.5, 0.6) is 0 Å². The number of urea groups is 1. The number of amides is 3. The van der Waals surface area contributed by atoms with E-state index in [1.165, 1.54) is 18.2 Å². The molecule has 4 rings (SSSR count). The first-order valence-electron chi connectivity index (χ1n) is 8.82. The van der Waals surface area contributed by atoms with Crippen molar-refractivity contribution >= 4 is 34.2 Å². The summed E-state index contributed by atoms with van der Waals surface area (Å²) in [6, 6.07) is 19.3. The number of hydrogen-bond acceptors (Lipinski definition) is 2. The molecule has 29 heavy (non-hydrogen) atoms. The fraction of sp³-hybridized carbons (Fsp3) is 0. The first-order valence-corrected chi connectivity index (χ1v) is 8.82. The van der Waals surface area contributed by atoms with Crippen molar-refractivity contribution < 1.29 is 14.0 Å². The number of benzene rings is 3. The van der Waals surface area contributed by atoms with Crippen LogP contribution in [0.25, 0.3) is 22.0 Å². The van der Waals surface area contributed by atoms with E-state index in [1.54, 1.807) is 30.3 Å². The first kappa shape index (κ1) is 18.2. The number of primary amides is 2. The smallest absolute Gasteiger partial charge is 0.323 e. The van der Waals surface area contributed by atoms with Gasteiger partial charge in [0.1, 0.15) is 11.5 Å². The van der Waals surface area contributed by atoms with Crippen LogP contribution in [-0.2, 0) is 0 Å². The topological polar surface area (TPSA) is 105 Å². The van der Waals surface area contributed by atoms with Crippen molar-refractivity contribution in [3.8, 4) is 11.1 Å². The van der Waals surface area contributed by atoms with E-state index in [9.17, 15) is 14.0 Å². The number of hydrogen-bond donors (Lipinski definition) is 3. The average Bonchev–Trinajstić information content (AvgIpc) is 3.10. The summed E-state index contributed by atoms with van der Waals surface area (Å²) in [4.78, 5) is 28.1. The van der Waals surface area contributed by atoms with E-state index in [0.29, 0.717) is 16.9 Å². The number of nitrogens with zero attached hydrogens (tertiary/aromatic N) is 1. The third kappa shape index (κ3) is 3.19. The van der Waals surface area contributed by atoms with Crippen molar-refractivity contribution in [2.45, 2.75) is 0 Å². The first-order chi connectivity index (χ1) is 14.0. The summed E-state index contributed by atoms with van der Waals surface area (Å²) in [5.41, 5.74) is 13.9. The van der Waals surface area contributed by atoms with Gasteiger partial charge in [-0.2, -0.15) is 0 Å². The number of carbonyl (C=O) groups excluding carboxylic acids is 2. The third-order valence-electron chi connectivity index (χ3n) is 4.68. The second kappa shape index (κ2) is 7.12. The second-order valence-corrected chi connectivity index (χ2v) is 6.46. The third-order valence-corrected chi connectivity index (χ3v) is 4.68. The highest BCUT2D eigenvalue weighted by Crippen LogP contribution is 2.35. The summed E-state index contributed by atoms with van der Waals surface area (Å²) in [6.07, 6.45) is 0. The highest BCUT2D eigenvalue weighted by Gasteiger charge is 2.20. The van der Waals surface area contributed by atoms with E-state index >= 15 is 0 Å². The minimum absolute atomic E-state index is 0.0534. The van der Waals surface area contributed by atoms with Gasteiger partial charge in [0, 0.05) is 16.5 Å². The summed E-state index contributed by atoms with van der Waals surface area (Å²) in [6.45, 7) is 0. The molecule has 4 aromatic rings. The monoisotopic (exact) mass is 388 g/mol. The molecule has 0 radical (unpaired) electrons. The molecule has 0 aliphatic heterocycles. The zero-order valence-electron chi connectivity index (χ0n) is 15.2. The molecule has 1 heterocycles. The van der Waals surface area contributed by atoms with Crippen LogP contribution in [0, 0.1) is 5.82 Å². The molecular weight excluding hydrogens is 371 g/mol. The number of halogens is 1. The van der Waals surface area contributed by atoms with Crippen LogP contribution in [0.2, 0.25) is 0 Å². The van der Waals surface area contributed by atoms with Crippen LogP contribution in [0.3, 0.4) is 0 Å². The maximum absolute atomic E-state index is 14.2. The maximum atomic E-state index is 14.2. The molecule has 0 saturated carbocycles. The molecule has 0 fully saturated rings. The molecule has 144 valence electrons. The van der Waals surface area contributed by atoms with Crippen LogP contribution in [0.4, 0.5) is 20.6 Å². The van der Waals surface area contributed by atoms with Crippen LogP contribution >= 0.6 is 0 Å². The Morgan fingerprint density at radius 3 is 2.17 bits per heavy atom. The van der Waals surface area contributed by atoms with Gasteiger partial charge < -0.3 is 16.5 Å². The lowest BCUT2D eigenvalue weighted by Crippen LogP contribution is -2.32. The number of aromatic amines is 1. The molecule has 7 heteroatoms. The summed E-state index contributed by atoms with van der Waals surface area (Å²) in [5, 5.41) is 0.843. The number of aromatic nitrogens is 1. The van der Waals surface area contributed by atoms with Gasteiger partial charge in [-0.15, -0.1) is 0 Å². The summed E-state index contributed by atoms with van der Waals surface area (Å²) >= 11 is 0. The lowest BCUT2D eigenvalue weighted by atomic mass is 10.0. The van der Waals surface area contributed by atoms with E-state index < -0.39 is 17.8 Å². The average molecular weight is 388 g/mol. The maximum Gasteiger partial charge on any atom is 0.323 e. The van der Waals surface area contributed by atoms with Crippen molar-refractivity contribution in [2.24, 2.45) is 11.5 Å². The van der Waals surface area contributed by atoms with Crippen molar-refractivity contribution in [1.82, 2.24) is 4.98 Å². The molecule has 3 aromatic carbocycles. The molecular formula is C22H17FN4O2. The Balaban J connectivity index is 1.82. The van der Waals surface area contributed by atoms with E-state index in [4.69, 9.17) is 11.5 Å². The van der Waals surface area contributed by atoms with Crippen molar-refractivity contribution in [2.75, 3.05) is 4.90 Å². The van der Waals surface area contributed by atoms with Crippen LogP contribution < -0.4 is 16.4 Å². The highest BCUT2D eigenvalue weighted by molar-refractivity contribution is 6.09. The molecule has 3 amide bonds. The Morgan fingerprint density at radius 1 is 0.862 bits per heavy atom. The number of rotatable bonds is 4. The quantitative estimate of drug-likeness (QED) is 0.485. The van der Waals surface area contributed by atoms with Crippen molar-refractivity contribution in [3.63, 3.8) is 0 Å². The largest absolute Gasteiger partial charge is 0.364 e. The molecule has 0 aliphatic carbocycles. The standard InChI is InChI=1S/C22H17FN4O2/c23-16-6-2-4-8-18(16)27(22(25)29)14-11-9-13(10-12-14)19-15-5-1-3-7-17(15)26-20(19)21(24)28/h1-12,26H,(H2,24,28)(H2,25,29). The number of fused-ring (bicyclic) bond motifs is 1. The summed E-state index contributed by atoms with van der Waals surface area (Å²) < 4.78 is 14.2. The molecule has 6 nitrogen and oxygen atoms in total. The number of para-hydroxylation sites is 2. The van der Waals surface area contributed by atoms with Gasteiger partial charge in [-0.1, -0.05) is 42.5 Å². The number of nitrogens with two attached hydrogens (primary N) is 2. The molecule has 0 aliphatic rings. The lowest BCUT2D eigenvalue weighted by Gasteiger charge is -2.21. The van der Waals surface area contributed by atoms with Gasteiger partial charge in [-0.25, -0.2) is 9.18 Å². The fourth-order valence-corrected chi connectivity index (χ4v) is 3.42. The SMILES string of the molecule is NC(=O)c1[nH]c2ccccc2c1-c1ccc(N(C(N)=O)c2ccccc2F)cc1. The highest BCUT2D eigenvalue weighted by atomic mass is 19.1. The predicted octanol–water partition coefficient (Wildman–Crippen LogP) is 4.29. The normalized spacial score (nSPS) is 10.8. The molecule has 0 atom stereocenters. The number of nitrogens with one attached hydrogen (secondary N) is 1. The van der Waals surface area contributed by atoms with Crippen molar-refractivity contribution in [3.05, 3.63) is 84.3 Å². The molecule has 1 aromatic heterocycles. The lowest BCUT2D eigenvalue weighted by molar-refractivity contribution is 0.0997. The zero-order valence-corrected chi connectivity index (χ0v) is 15.2. The minimum Gasteiger partial charge on any atom is -0.364 e. The van der Waals surface area contributed by atoms with E-state index in [-0.39, 0.29) is 5.69 Å². The molecule has 5 N–H and O–H groups in total.